The second-order valence-electron chi connectivity index (χ2n) is 15.5. The number of ketones is 1. The molecule has 3 aromatic carbocycles. The Morgan fingerprint density at radius 1 is 0.796 bits per heavy atom. The Kier molecular flexibility index (Phi) is 12.9. The molecule has 0 bridgehead atoms. The van der Waals surface area contributed by atoms with E-state index in [1.165, 1.54) is 23.2 Å². The van der Waals surface area contributed by atoms with Crippen molar-refractivity contribution < 1.29 is 18.8 Å². The van der Waals surface area contributed by atoms with Gasteiger partial charge in [0.2, 0.25) is 0 Å². The minimum atomic E-state index is -2.82. The van der Waals surface area contributed by atoms with Crippen molar-refractivity contribution in [2.75, 3.05) is 6.54 Å². The van der Waals surface area contributed by atoms with Crippen molar-refractivity contribution in [3.63, 3.8) is 0 Å². The summed E-state index contributed by atoms with van der Waals surface area (Å²) in [4.78, 5) is 29.5. The molecular formula is C43H59NO4Si. The minimum absolute atomic E-state index is 0.135. The van der Waals surface area contributed by atoms with E-state index in [0.717, 1.165) is 63.4 Å². The molecule has 264 valence electrons. The van der Waals surface area contributed by atoms with Crippen molar-refractivity contribution in [1.82, 2.24) is 4.90 Å². The van der Waals surface area contributed by atoms with Crippen LogP contribution < -0.4 is 10.4 Å². The molecule has 1 saturated heterocycles. The zero-order valence-electron chi connectivity index (χ0n) is 30.5. The van der Waals surface area contributed by atoms with Crippen LogP contribution in [0.3, 0.4) is 0 Å². The van der Waals surface area contributed by atoms with Crippen molar-refractivity contribution in [3.05, 3.63) is 96.6 Å². The summed E-state index contributed by atoms with van der Waals surface area (Å²) in [5.41, 5.74) is 0.663. The van der Waals surface area contributed by atoms with E-state index >= 15 is 0 Å². The van der Waals surface area contributed by atoms with Crippen LogP contribution in [0.25, 0.3) is 0 Å². The van der Waals surface area contributed by atoms with Gasteiger partial charge < -0.3 is 9.16 Å². The molecule has 0 aromatic heterocycles. The van der Waals surface area contributed by atoms with Crippen molar-refractivity contribution >= 4 is 30.6 Å². The molecule has 1 spiro atoms. The number of unbranched alkanes of at least 4 members (excludes halogenated alkanes) is 3. The van der Waals surface area contributed by atoms with Crippen molar-refractivity contribution in [3.8, 4) is 0 Å². The highest BCUT2D eigenvalue weighted by atomic mass is 28.4. The van der Waals surface area contributed by atoms with Crippen molar-refractivity contribution in [2.45, 2.75) is 134 Å². The first-order valence-electron chi connectivity index (χ1n) is 19.0. The van der Waals surface area contributed by atoms with Gasteiger partial charge in [-0.15, -0.1) is 0 Å². The molecule has 1 heterocycles. The lowest BCUT2D eigenvalue weighted by Crippen LogP contribution is -2.70. The van der Waals surface area contributed by atoms with E-state index in [9.17, 15) is 9.59 Å². The third-order valence-corrected chi connectivity index (χ3v) is 16.4. The van der Waals surface area contributed by atoms with Gasteiger partial charge in [-0.1, -0.05) is 151 Å². The van der Waals surface area contributed by atoms with Crippen LogP contribution in [0, 0.1) is 5.92 Å². The SMILES string of the molecule is CCCCCCC(=O)CC[C@@H]1CCCC[C@]12CC[C@@H](O[Si](c1ccccc1)(c1ccccc1)C(C)(C)C)CN2C(=O)OCc1ccccc1. The molecule has 1 saturated carbocycles. The molecule has 1 amide bonds. The summed E-state index contributed by atoms with van der Waals surface area (Å²) in [5.74, 6) is 0.651. The topological polar surface area (TPSA) is 55.8 Å². The molecule has 2 fully saturated rings. The first-order chi connectivity index (χ1) is 23.7. The predicted octanol–water partition coefficient (Wildman–Crippen LogP) is 9.61. The molecule has 1 aliphatic carbocycles. The number of amides is 1. The smallest absolute Gasteiger partial charge is 0.410 e. The normalized spacial score (nSPS) is 21.4. The Bertz CT molecular complexity index is 1420. The summed E-state index contributed by atoms with van der Waals surface area (Å²) in [6, 6.07) is 31.5. The van der Waals surface area contributed by atoms with Crippen LogP contribution in [0.5, 0.6) is 0 Å². The molecule has 0 radical (unpaired) electrons. The fourth-order valence-corrected chi connectivity index (χ4v) is 13.4. The number of benzene rings is 3. The molecule has 49 heavy (non-hydrogen) atoms. The Balaban J connectivity index is 1.44. The highest BCUT2D eigenvalue weighted by Gasteiger charge is 2.55. The van der Waals surface area contributed by atoms with Crippen molar-refractivity contribution in [2.24, 2.45) is 5.92 Å². The Hall–Kier alpha value is -3.22. The lowest BCUT2D eigenvalue weighted by atomic mass is 9.65. The summed E-state index contributed by atoms with van der Waals surface area (Å²) in [6.07, 6.45) is 12.2. The molecule has 2 aliphatic rings. The first kappa shape index (κ1) is 37.0. The van der Waals surface area contributed by atoms with Crippen LogP contribution in [0.15, 0.2) is 91.0 Å². The highest BCUT2D eigenvalue weighted by molar-refractivity contribution is 6.99. The summed E-state index contributed by atoms with van der Waals surface area (Å²) in [5, 5.41) is 2.34. The summed E-state index contributed by atoms with van der Waals surface area (Å²) in [7, 11) is -2.82. The second-order valence-corrected chi connectivity index (χ2v) is 19.8. The van der Waals surface area contributed by atoms with E-state index in [4.69, 9.17) is 9.16 Å². The van der Waals surface area contributed by atoms with Gasteiger partial charge in [-0.2, -0.15) is 0 Å². The number of hydrogen-bond acceptors (Lipinski definition) is 4. The first-order valence-corrected chi connectivity index (χ1v) is 20.9. The lowest BCUT2D eigenvalue weighted by molar-refractivity contribution is -0.120. The van der Waals surface area contributed by atoms with E-state index < -0.39 is 8.32 Å². The number of likely N-dealkylation sites (tertiary alicyclic amines) is 1. The number of hydrogen-bond donors (Lipinski definition) is 0. The molecule has 1 aliphatic heterocycles. The van der Waals surface area contributed by atoms with E-state index in [1.54, 1.807) is 0 Å². The number of carbonyl (C=O) groups is 2. The standard InChI is InChI=1S/C43H59NO4Si/c1-5-6-7-13-23-37(45)29-28-36-22-18-19-31-43(36)32-30-38(33-44(43)41(46)47-34-35-20-11-8-12-21-35)48-49(42(2,3)4,39-24-14-9-15-25-39)40-26-16-10-17-27-40/h8-12,14-17,20-21,24-27,36,38H,5-7,13,18-19,22-23,28-34H2,1-4H3/t36-,38+,43-/m0/s1. The van der Waals surface area contributed by atoms with Gasteiger partial charge in [0, 0.05) is 24.9 Å². The summed E-state index contributed by atoms with van der Waals surface area (Å²) < 4.78 is 13.8. The monoisotopic (exact) mass is 681 g/mol. The Morgan fingerprint density at radius 2 is 1.43 bits per heavy atom. The van der Waals surface area contributed by atoms with Gasteiger partial charge in [0.1, 0.15) is 12.4 Å². The zero-order chi connectivity index (χ0) is 34.7. The molecule has 3 aromatic rings. The van der Waals surface area contributed by atoms with E-state index in [0.29, 0.717) is 25.2 Å². The molecule has 5 rings (SSSR count). The van der Waals surface area contributed by atoms with E-state index in [-0.39, 0.29) is 35.3 Å². The van der Waals surface area contributed by atoms with Gasteiger partial charge >= 0.3 is 6.09 Å². The molecule has 3 atom stereocenters. The predicted molar refractivity (Wildman–Crippen MR) is 203 cm³/mol. The van der Waals surface area contributed by atoms with Crippen molar-refractivity contribution in [1.29, 1.82) is 0 Å². The fraction of sp³-hybridized carbons (Fsp3) is 0.535. The van der Waals surface area contributed by atoms with E-state index in [2.05, 4.69) is 93.3 Å². The Morgan fingerprint density at radius 3 is 2.04 bits per heavy atom. The van der Waals surface area contributed by atoms with Crippen LogP contribution in [0.1, 0.15) is 117 Å². The summed E-state index contributed by atoms with van der Waals surface area (Å²) in [6.45, 7) is 9.88. The molecular weight excluding hydrogens is 623 g/mol. The highest BCUT2D eigenvalue weighted by Crippen LogP contribution is 2.48. The number of rotatable bonds is 14. The van der Waals surface area contributed by atoms with Crippen LogP contribution in [-0.4, -0.2) is 43.3 Å². The largest absolute Gasteiger partial charge is 0.445 e. The van der Waals surface area contributed by atoms with Gasteiger partial charge in [-0.3, -0.25) is 9.69 Å². The number of ether oxygens (including phenoxy) is 1. The maximum absolute atomic E-state index is 14.4. The fourth-order valence-electron chi connectivity index (χ4n) is 8.71. The third-order valence-electron chi connectivity index (χ3n) is 11.3. The van der Waals surface area contributed by atoms with Gasteiger partial charge in [-0.25, -0.2) is 4.79 Å². The van der Waals surface area contributed by atoms with Crippen LogP contribution >= 0.6 is 0 Å². The van der Waals surface area contributed by atoms with Crippen LogP contribution in [-0.2, 0) is 20.6 Å². The summed E-state index contributed by atoms with van der Waals surface area (Å²) >= 11 is 0. The Labute approximate surface area is 296 Å². The molecule has 5 nitrogen and oxygen atoms in total. The van der Waals surface area contributed by atoms with Gasteiger partial charge in [0.05, 0.1) is 6.10 Å². The zero-order valence-corrected chi connectivity index (χ0v) is 31.5. The number of piperidine rings is 1. The van der Waals surface area contributed by atoms with Crippen LogP contribution in [0.4, 0.5) is 4.79 Å². The quantitative estimate of drug-likeness (QED) is 0.126. The van der Waals surface area contributed by atoms with Gasteiger partial charge in [-0.05, 0) is 65.4 Å². The average Bonchev–Trinajstić information content (AvgIpc) is 3.12. The number of carbonyl (C=O) groups excluding carboxylic acids is 2. The third kappa shape index (κ3) is 8.75. The maximum Gasteiger partial charge on any atom is 0.410 e. The van der Waals surface area contributed by atoms with Gasteiger partial charge in [0.15, 0.2) is 0 Å². The average molecular weight is 682 g/mol. The molecule has 0 N–H and O–H groups in total. The minimum Gasteiger partial charge on any atom is -0.445 e. The second kappa shape index (κ2) is 17.1. The van der Waals surface area contributed by atoms with Crippen LogP contribution in [0.2, 0.25) is 5.04 Å². The molecule has 6 heteroatoms. The number of Topliss-reactive ketones (excluding diaryl/α,β-unsaturated/α-hetero) is 1. The number of nitrogens with zero attached hydrogens (tertiary/aromatic N) is 1. The van der Waals surface area contributed by atoms with E-state index in [1.807, 2.05) is 30.3 Å². The van der Waals surface area contributed by atoms with Gasteiger partial charge in [0.25, 0.3) is 8.32 Å². The molecule has 0 unspecified atom stereocenters. The maximum atomic E-state index is 14.4. The lowest BCUT2D eigenvalue weighted by Gasteiger charge is -2.56.